The van der Waals surface area contributed by atoms with E-state index in [1.54, 1.807) is 12.1 Å². The summed E-state index contributed by atoms with van der Waals surface area (Å²) in [6.45, 7) is 6.38. The standard InChI is InChI=1S/C9H21OSi.C6H6O.2H2O.Zr/c1-4-7-11(10,8-5-2)9-6-3;7-6-4-2-1-3-5-6;;;/h4-9H2,1-3H3;1-5,7H;2*1H2;/q-1;;;;+4/p-3. The van der Waals surface area contributed by atoms with Crippen molar-refractivity contribution in [3.8, 4) is 5.75 Å². The zero-order chi connectivity index (χ0) is 15.8. The maximum atomic E-state index is 10.3. The van der Waals surface area contributed by atoms with Crippen LogP contribution in [0.15, 0.2) is 30.3 Å². The molecular weight excluding hydrogens is 363 g/mol. The van der Waals surface area contributed by atoms with Gasteiger partial charge >= 0.3 is 136 Å². The van der Waals surface area contributed by atoms with E-state index in [4.69, 9.17) is 5.32 Å². The Morgan fingerprint density at radius 2 is 1.38 bits per heavy atom. The summed E-state index contributed by atoms with van der Waals surface area (Å²) in [5.74, 6) is 0.477. The molecule has 0 spiro atoms. The first-order valence-corrected chi connectivity index (χ1v) is 14.6. The Hall–Kier alpha value is -0.000000000000000222. The van der Waals surface area contributed by atoms with Crippen LogP contribution in [0.1, 0.15) is 40.0 Å². The van der Waals surface area contributed by atoms with E-state index in [1.807, 2.05) is 18.2 Å². The molecule has 0 aromatic heterocycles. The van der Waals surface area contributed by atoms with Crippen molar-refractivity contribution in [1.29, 1.82) is 0 Å². The zero-order valence-electron chi connectivity index (χ0n) is 13.3. The molecule has 0 atom stereocenters. The second-order valence-electron chi connectivity index (χ2n) is 5.50. The Morgan fingerprint density at radius 1 is 0.905 bits per heavy atom. The Morgan fingerprint density at radius 3 is 1.81 bits per heavy atom. The summed E-state index contributed by atoms with van der Waals surface area (Å²) in [7, 11) is -2.12. The van der Waals surface area contributed by atoms with Crippen LogP contribution in [-0.4, -0.2) is 14.7 Å². The summed E-state index contributed by atoms with van der Waals surface area (Å²) in [6.07, 6.45) is 3.04. The molecule has 0 saturated carbocycles. The molecule has 0 aliphatic carbocycles. The van der Waals surface area contributed by atoms with E-state index in [1.165, 1.54) is 0 Å². The number of hydrogen-bond acceptors (Lipinski definition) is 4. The minimum absolute atomic E-state index is 0.477. The third-order valence-electron chi connectivity index (χ3n) is 3.46. The van der Waals surface area contributed by atoms with Crippen LogP contribution in [0.2, 0.25) is 18.1 Å². The Kier molecular flexibility index (Phi) is 8.35. The molecule has 4 nitrogen and oxygen atoms in total. The number of rotatable bonds is 10. The topological polar surface area (TPSA) is 58.9 Å². The van der Waals surface area contributed by atoms with E-state index in [9.17, 15) is 6.37 Å². The molecule has 0 aliphatic heterocycles. The van der Waals surface area contributed by atoms with Gasteiger partial charge in [-0.1, -0.05) is 0 Å². The van der Waals surface area contributed by atoms with Gasteiger partial charge in [-0.3, -0.25) is 0 Å². The molecule has 0 fully saturated rings. The monoisotopic (exact) mass is 390 g/mol. The summed E-state index contributed by atoms with van der Waals surface area (Å²) in [5, 5.41) is 0. The molecule has 1 aromatic rings. The minimum atomic E-state index is -4.94. The Labute approximate surface area is 136 Å². The van der Waals surface area contributed by atoms with Gasteiger partial charge in [0.05, 0.1) is 0 Å². The molecule has 120 valence electrons. The first-order valence-electron chi connectivity index (χ1n) is 7.86. The van der Waals surface area contributed by atoms with Gasteiger partial charge in [-0.15, -0.1) is 0 Å². The molecule has 1 aromatic carbocycles. The third-order valence-corrected chi connectivity index (χ3v) is 14.8. The summed E-state index contributed by atoms with van der Waals surface area (Å²) in [5.41, 5.74) is 0. The van der Waals surface area contributed by atoms with Crippen molar-refractivity contribution in [3.05, 3.63) is 30.3 Å². The van der Waals surface area contributed by atoms with Gasteiger partial charge in [-0.05, 0) is 0 Å². The van der Waals surface area contributed by atoms with E-state index < -0.39 is 30.3 Å². The van der Waals surface area contributed by atoms with Crippen molar-refractivity contribution < 1.29 is 33.7 Å². The fourth-order valence-corrected chi connectivity index (χ4v) is 15.0. The number of benzene rings is 1. The molecule has 21 heavy (non-hydrogen) atoms. The zero-order valence-corrected chi connectivity index (χ0v) is 16.8. The van der Waals surface area contributed by atoms with E-state index in [2.05, 4.69) is 20.8 Å². The molecule has 6 heteroatoms. The van der Waals surface area contributed by atoms with Crippen molar-refractivity contribution in [3.63, 3.8) is 0 Å². The van der Waals surface area contributed by atoms with Gasteiger partial charge in [0.25, 0.3) is 0 Å². The normalized spacial score (nSPS) is 12.4. The molecule has 0 aliphatic rings. The van der Waals surface area contributed by atoms with Gasteiger partial charge in [0, 0.05) is 0 Å². The quantitative estimate of drug-likeness (QED) is 0.591. The predicted octanol–water partition coefficient (Wildman–Crippen LogP) is 4.06. The molecule has 0 saturated heterocycles. The average Bonchev–Trinajstić information content (AvgIpc) is 2.39. The van der Waals surface area contributed by atoms with Crippen LogP contribution in [0.4, 0.5) is 0 Å². The van der Waals surface area contributed by atoms with Gasteiger partial charge in [0.15, 0.2) is 0 Å². The second-order valence-corrected chi connectivity index (χ2v) is 14.3. The van der Waals surface area contributed by atoms with Crippen LogP contribution < -0.4 is 2.81 Å². The van der Waals surface area contributed by atoms with Crippen molar-refractivity contribution in [1.82, 2.24) is 0 Å². The molecule has 0 radical (unpaired) electrons. The number of para-hydroxylation sites is 1. The van der Waals surface area contributed by atoms with Gasteiger partial charge in [0.1, 0.15) is 0 Å². The summed E-state index contributed by atoms with van der Waals surface area (Å²) in [4.78, 5) is 0. The van der Waals surface area contributed by atoms with Gasteiger partial charge in [0.2, 0.25) is 0 Å². The molecule has 0 unspecified atom stereocenters. The van der Waals surface area contributed by atoms with E-state index >= 15 is 0 Å². The first-order chi connectivity index (χ1) is 9.97. The summed E-state index contributed by atoms with van der Waals surface area (Å²) >= 11 is -4.94. The fraction of sp³-hybridized carbons (Fsp3) is 0.600. The van der Waals surface area contributed by atoms with Crippen LogP contribution >= 0.6 is 0 Å². The second kappa shape index (κ2) is 9.21. The summed E-state index contributed by atoms with van der Waals surface area (Å²) < 4.78 is 32.1. The van der Waals surface area contributed by atoms with Crippen LogP contribution in [0.3, 0.4) is 0 Å². The van der Waals surface area contributed by atoms with Gasteiger partial charge in [-0.25, -0.2) is 0 Å². The van der Waals surface area contributed by atoms with Crippen LogP contribution in [-0.2, 0) is 24.5 Å². The average molecular weight is 392 g/mol. The Balaban J connectivity index is 2.83. The SMILES string of the molecule is CCC[Si](CCC)(CCC)[O][Zr]([OH])([OH])[O]c1ccccc1. The molecule has 0 bridgehead atoms. The molecule has 0 amide bonds. The maximum absolute atomic E-state index is 10.3. The van der Waals surface area contributed by atoms with Crippen LogP contribution in [0.25, 0.3) is 0 Å². The number of hydrogen-bond donors (Lipinski definition) is 2. The van der Waals surface area contributed by atoms with Gasteiger partial charge in [-0.2, -0.15) is 0 Å². The van der Waals surface area contributed by atoms with E-state index in [0.29, 0.717) is 5.75 Å². The van der Waals surface area contributed by atoms with Crippen molar-refractivity contribution in [2.24, 2.45) is 0 Å². The Bertz CT molecular complexity index is 383. The molecule has 2 N–H and O–H groups in total. The van der Waals surface area contributed by atoms with Crippen molar-refractivity contribution in [2.75, 3.05) is 0 Å². The predicted molar refractivity (Wildman–Crippen MR) is 83.6 cm³/mol. The van der Waals surface area contributed by atoms with Crippen molar-refractivity contribution >= 4 is 8.32 Å². The molecule has 1 rings (SSSR count). The molecular formula is C15H28O4SiZr. The van der Waals surface area contributed by atoms with E-state index in [-0.39, 0.29) is 0 Å². The van der Waals surface area contributed by atoms with Crippen molar-refractivity contribution in [2.45, 2.75) is 58.2 Å². The first kappa shape index (κ1) is 19.0. The summed E-state index contributed by atoms with van der Waals surface area (Å²) in [6, 6.07) is 11.8. The van der Waals surface area contributed by atoms with Crippen LogP contribution in [0, 0.1) is 0 Å². The van der Waals surface area contributed by atoms with Crippen LogP contribution in [0.5, 0.6) is 5.75 Å². The van der Waals surface area contributed by atoms with E-state index in [0.717, 1.165) is 37.4 Å². The molecule has 0 heterocycles. The fourth-order valence-electron chi connectivity index (χ4n) is 2.84. The van der Waals surface area contributed by atoms with Gasteiger partial charge < -0.3 is 0 Å². The third kappa shape index (κ3) is 6.74.